The quantitative estimate of drug-likeness (QED) is 0.657. The van der Waals surface area contributed by atoms with Crippen LogP contribution in [-0.4, -0.2) is 80.5 Å². The van der Waals surface area contributed by atoms with E-state index in [1.54, 1.807) is 6.21 Å². The van der Waals surface area contributed by atoms with Crippen molar-refractivity contribution in [3.63, 3.8) is 0 Å². The van der Waals surface area contributed by atoms with Gasteiger partial charge in [-0.15, -0.1) is 0 Å². The van der Waals surface area contributed by atoms with Crippen LogP contribution in [0.15, 0.2) is 29.4 Å². The van der Waals surface area contributed by atoms with E-state index < -0.39 is 0 Å². The van der Waals surface area contributed by atoms with Crippen LogP contribution in [-0.2, 0) is 9.53 Å². The summed E-state index contributed by atoms with van der Waals surface area (Å²) in [6, 6.07) is 8.71. The Balaban J connectivity index is 1.21. The molecule has 7 nitrogen and oxygen atoms in total. The predicted octanol–water partition coefficient (Wildman–Crippen LogP) is 2.22. The number of nitrogens with zero attached hydrogens (tertiary/aromatic N) is 4. The Bertz CT molecular complexity index is 703. The van der Waals surface area contributed by atoms with E-state index >= 15 is 0 Å². The molecule has 158 valence electrons. The van der Waals surface area contributed by atoms with Gasteiger partial charge in [0.25, 0.3) is 0 Å². The van der Waals surface area contributed by atoms with E-state index in [1.165, 1.54) is 19.4 Å². The molecule has 0 N–H and O–H groups in total. The Hall–Kier alpha value is -2.12. The smallest absolute Gasteiger partial charge is 0.233 e. The third-order valence-corrected chi connectivity index (χ3v) is 6.08. The number of hydrazone groups is 1. The molecule has 3 heterocycles. The summed E-state index contributed by atoms with van der Waals surface area (Å²) in [5.41, 5.74) is 0.983. The second kappa shape index (κ2) is 9.59. The maximum atomic E-state index is 12.6. The fraction of sp³-hybridized carbons (Fsp3) is 0.636. The molecule has 1 aromatic rings. The maximum absolute atomic E-state index is 12.6. The van der Waals surface area contributed by atoms with Gasteiger partial charge in [-0.05, 0) is 57.0 Å². The molecule has 2 fully saturated rings. The van der Waals surface area contributed by atoms with Crippen LogP contribution in [0.3, 0.4) is 0 Å². The first-order valence-electron chi connectivity index (χ1n) is 10.9. The van der Waals surface area contributed by atoms with E-state index in [1.807, 2.05) is 34.2 Å². The van der Waals surface area contributed by atoms with Gasteiger partial charge in [-0.25, -0.2) is 0 Å². The van der Waals surface area contributed by atoms with Crippen LogP contribution in [0.5, 0.6) is 5.75 Å². The second-order valence-electron chi connectivity index (χ2n) is 8.11. The van der Waals surface area contributed by atoms with Crippen LogP contribution in [0.4, 0.5) is 5.69 Å². The standard InChI is InChI=1S/C22H32N4O3/c1-18-4-2-9-24(18)10-3-13-29-21-7-5-20(6-8-21)26-17-19(16-23-26)22(27)25-11-14-28-15-12-25/h5-8,16,18-19H,2-4,9-15,17H2,1H3/t18-,19?/m1/s1. The molecular formula is C22H32N4O3. The number of rotatable bonds is 7. The topological polar surface area (TPSA) is 57.6 Å². The van der Waals surface area contributed by atoms with Crippen LogP contribution in [0.25, 0.3) is 0 Å². The van der Waals surface area contributed by atoms with Crippen molar-refractivity contribution in [1.29, 1.82) is 0 Å². The number of carbonyl (C=O) groups is 1. The Morgan fingerprint density at radius 2 is 2.00 bits per heavy atom. The number of morpholine rings is 1. The van der Waals surface area contributed by atoms with Crippen molar-refractivity contribution >= 4 is 17.8 Å². The van der Waals surface area contributed by atoms with Crippen LogP contribution in [0.1, 0.15) is 26.2 Å². The normalized spacial score (nSPS) is 25.0. The molecule has 2 saturated heterocycles. The third kappa shape index (κ3) is 5.08. The Labute approximate surface area is 173 Å². The molecule has 7 heteroatoms. The first-order valence-corrected chi connectivity index (χ1v) is 10.9. The molecule has 0 aliphatic carbocycles. The fourth-order valence-corrected chi connectivity index (χ4v) is 4.27. The lowest BCUT2D eigenvalue weighted by molar-refractivity contribution is -0.136. The first kappa shape index (κ1) is 20.2. The summed E-state index contributed by atoms with van der Waals surface area (Å²) in [4.78, 5) is 17.0. The summed E-state index contributed by atoms with van der Waals surface area (Å²) in [5, 5.41) is 6.33. The maximum Gasteiger partial charge on any atom is 0.233 e. The summed E-state index contributed by atoms with van der Waals surface area (Å²) >= 11 is 0. The minimum atomic E-state index is -0.183. The number of benzene rings is 1. The van der Waals surface area contributed by atoms with Gasteiger partial charge in [0.05, 0.1) is 38.0 Å². The van der Waals surface area contributed by atoms with Crippen molar-refractivity contribution in [1.82, 2.24) is 9.80 Å². The second-order valence-corrected chi connectivity index (χ2v) is 8.11. The molecule has 0 bridgehead atoms. The van der Waals surface area contributed by atoms with Gasteiger partial charge in [-0.2, -0.15) is 5.10 Å². The van der Waals surface area contributed by atoms with Gasteiger partial charge in [0, 0.05) is 31.9 Å². The van der Waals surface area contributed by atoms with Crippen molar-refractivity contribution in [2.45, 2.75) is 32.2 Å². The molecular weight excluding hydrogens is 368 g/mol. The van der Waals surface area contributed by atoms with Crippen molar-refractivity contribution < 1.29 is 14.3 Å². The van der Waals surface area contributed by atoms with Gasteiger partial charge in [-0.3, -0.25) is 9.80 Å². The van der Waals surface area contributed by atoms with Crippen molar-refractivity contribution in [2.75, 3.05) is 57.6 Å². The zero-order chi connectivity index (χ0) is 20.1. The summed E-state index contributed by atoms with van der Waals surface area (Å²) in [6.07, 6.45) is 5.46. The lowest BCUT2D eigenvalue weighted by Gasteiger charge is -2.28. The zero-order valence-corrected chi connectivity index (χ0v) is 17.3. The Morgan fingerprint density at radius 3 is 2.72 bits per heavy atom. The largest absolute Gasteiger partial charge is 0.494 e. The van der Waals surface area contributed by atoms with E-state index in [4.69, 9.17) is 9.47 Å². The predicted molar refractivity (Wildman–Crippen MR) is 114 cm³/mol. The van der Waals surface area contributed by atoms with E-state index in [0.29, 0.717) is 38.9 Å². The van der Waals surface area contributed by atoms with Crippen molar-refractivity contribution in [3.8, 4) is 5.75 Å². The highest BCUT2D eigenvalue weighted by Crippen LogP contribution is 2.24. The molecule has 3 aliphatic rings. The molecule has 0 saturated carbocycles. The molecule has 3 aliphatic heterocycles. The zero-order valence-electron chi connectivity index (χ0n) is 17.3. The molecule has 1 aromatic carbocycles. The lowest BCUT2D eigenvalue weighted by atomic mass is 10.1. The molecule has 1 unspecified atom stereocenters. The van der Waals surface area contributed by atoms with Gasteiger partial charge in [0.1, 0.15) is 5.75 Å². The molecule has 29 heavy (non-hydrogen) atoms. The van der Waals surface area contributed by atoms with E-state index in [0.717, 1.165) is 31.0 Å². The average molecular weight is 401 g/mol. The van der Waals surface area contributed by atoms with Gasteiger partial charge in [0.2, 0.25) is 5.91 Å². The fourth-order valence-electron chi connectivity index (χ4n) is 4.27. The number of likely N-dealkylation sites (tertiary alicyclic amines) is 1. The number of carbonyl (C=O) groups excluding carboxylic acids is 1. The summed E-state index contributed by atoms with van der Waals surface area (Å²) in [7, 11) is 0. The van der Waals surface area contributed by atoms with E-state index in [2.05, 4.69) is 16.9 Å². The summed E-state index contributed by atoms with van der Waals surface area (Å²) < 4.78 is 11.2. The molecule has 2 atom stereocenters. The third-order valence-electron chi connectivity index (χ3n) is 6.08. The minimum absolute atomic E-state index is 0.145. The van der Waals surface area contributed by atoms with E-state index in [9.17, 15) is 4.79 Å². The number of hydrogen-bond donors (Lipinski definition) is 0. The number of amides is 1. The van der Waals surface area contributed by atoms with Crippen LogP contribution in [0.2, 0.25) is 0 Å². The van der Waals surface area contributed by atoms with Gasteiger partial charge >= 0.3 is 0 Å². The Kier molecular flexibility index (Phi) is 6.67. The van der Waals surface area contributed by atoms with Crippen molar-refractivity contribution in [2.24, 2.45) is 11.0 Å². The lowest BCUT2D eigenvalue weighted by Crippen LogP contribution is -2.45. The van der Waals surface area contributed by atoms with Crippen LogP contribution in [0, 0.1) is 5.92 Å². The highest BCUT2D eigenvalue weighted by atomic mass is 16.5. The van der Waals surface area contributed by atoms with E-state index in [-0.39, 0.29) is 11.8 Å². The molecule has 4 rings (SSSR count). The highest BCUT2D eigenvalue weighted by Gasteiger charge is 2.30. The monoisotopic (exact) mass is 400 g/mol. The van der Waals surface area contributed by atoms with Gasteiger partial charge < -0.3 is 19.3 Å². The summed E-state index contributed by atoms with van der Waals surface area (Å²) in [6.45, 7) is 8.56. The van der Waals surface area contributed by atoms with Crippen molar-refractivity contribution in [3.05, 3.63) is 24.3 Å². The molecule has 1 amide bonds. The number of hydrogen-bond acceptors (Lipinski definition) is 6. The Morgan fingerprint density at radius 1 is 1.21 bits per heavy atom. The number of ether oxygens (including phenoxy) is 2. The first-order chi connectivity index (χ1) is 14.2. The van der Waals surface area contributed by atoms with Crippen LogP contribution >= 0.6 is 0 Å². The highest BCUT2D eigenvalue weighted by molar-refractivity contribution is 5.95. The SMILES string of the molecule is C[C@@H]1CCCN1CCCOc1ccc(N2CC(C(=O)N3CCOCC3)C=N2)cc1. The average Bonchev–Trinajstić information content (AvgIpc) is 3.41. The molecule has 0 radical (unpaired) electrons. The number of anilines is 1. The molecule has 0 aromatic heterocycles. The molecule has 0 spiro atoms. The van der Waals surface area contributed by atoms with Gasteiger partial charge in [0.15, 0.2) is 0 Å². The minimum Gasteiger partial charge on any atom is -0.494 e. The van der Waals surface area contributed by atoms with Crippen LogP contribution < -0.4 is 9.75 Å². The van der Waals surface area contributed by atoms with Gasteiger partial charge in [-0.1, -0.05) is 0 Å². The summed E-state index contributed by atoms with van der Waals surface area (Å²) in [5.74, 6) is 0.844.